The van der Waals surface area contributed by atoms with Crippen LogP contribution in [0.4, 0.5) is 4.39 Å². The first kappa shape index (κ1) is 12.7. The van der Waals surface area contributed by atoms with Gasteiger partial charge in [0, 0.05) is 7.05 Å². The fourth-order valence-electron chi connectivity index (χ4n) is 2.03. The Labute approximate surface area is 106 Å². The lowest BCUT2D eigenvalue weighted by Crippen LogP contribution is -2.22. The Kier molecular flexibility index (Phi) is 3.72. The van der Waals surface area contributed by atoms with E-state index < -0.39 is 0 Å². The van der Waals surface area contributed by atoms with Gasteiger partial charge in [-0.3, -0.25) is 4.68 Å². The normalized spacial score (nSPS) is 12.7. The maximum atomic E-state index is 13.5. The summed E-state index contributed by atoms with van der Waals surface area (Å²) in [6.07, 6.45) is 1.84. The van der Waals surface area contributed by atoms with E-state index in [9.17, 15) is 4.39 Å². The number of aromatic nitrogens is 3. The number of hydrogen-bond acceptors (Lipinski definition) is 3. The zero-order chi connectivity index (χ0) is 13.1. The van der Waals surface area contributed by atoms with Crippen LogP contribution in [-0.2, 0) is 7.05 Å². The van der Waals surface area contributed by atoms with Crippen LogP contribution in [-0.4, -0.2) is 21.5 Å². The van der Waals surface area contributed by atoms with Gasteiger partial charge in [-0.2, -0.15) is 0 Å². The lowest BCUT2D eigenvalue weighted by Gasteiger charge is -2.16. The Morgan fingerprint density at radius 2 is 2.17 bits per heavy atom. The third-order valence-electron chi connectivity index (χ3n) is 2.72. The molecule has 1 heterocycles. The molecule has 0 radical (unpaired) electrons. The van der Waals surface area contributed by atoms with E-state index in [0.717, 1.165) is 23.4 Å². The highest BCUT2D eigenvalue weighted by atomic mass is 19.1. The first-order valence-electron chi connectivity index (χ1n) is 5.97. The number of nitrogens with one attached hydrogen (secondary N) is 1. The van der Waals surface area contributed by atoms with Gasteiger partial charge >= 0.3 is 0 Å². The van der Waals surface area contributed by atoms with Crippen LogP contribution in [0.1, 0.15) is 29.8 Å². The summed E-state index contributed by atoms with van der Waals surface area (Å²) in [5, 5.41) is 11.3. The van der Waals surface area contributed by atoms with Gasteiger partial charge in [-0.15, -0.1) is 5.10 Å². The molecular formula is C13H17FN4. The molecule has 1 aromatic heterocycles. The Balaban J connectivity index is 2.40. The topological polar surface area (TPSA) is 42.7 Å². The van der Waals surface area contributed by atoms with E-state index in [1.807, 2.05) is 33.2 Å². The minimum absolute atomic E-state index is 0.127. The largest absolute Gasteiger partial charge is 0.305 e. The number of rotatable bonds is 4. The molecular weight excluding hydrogens is 231 g/mol. The molecule has 0 fully saturated rings. The van der Waals surface area contributed by atoms with Crippen molar-refractivity contribution in [2.45, 2.75) is 19.9 Å². The third kappa shape index (κ3) is 2.73. The number of nitrogens with zero attached hydrogens (tertiary/aromatic N) is 3. The molecule has 0 saturated carbocycles. The van der Waals surface area contributed by atoms with Gasteiger partial charge in [-0.05, 0) is 36.7 Å². The number of benzene rings is 1. The van der Waals surface area contributed by atoms with E-state index in [-0.39, 0.29) is 11.9 Å². The van der Waals surface area contributed by atoms with E-state index >= 15 is 0 Å². The Morgan fingerprint density at radius 1 is 1.39 bits per heavy atom. The maximum Gasteiger partial charge on any atom is 0.123 e. The molecule has 0 amide bonds. The fourth-order valence-corrected chi connectivity index (χ4v) is 2.03. The zero-order valence-corrected chi connectivity index (χ0v) is 10.8. The van der Waals surface area contributed by atoms with Crippen LogP contribution < -0.4 is 5.32 Å². The highest BCUT2D eigenvalue weighted by Crippen LogP contribution is 2.22. The van der Waals surface area contributed by atoms with Crippen molar-refractivity contribution in [3.63, 3.8) is 0 Å². The average Bonchev–Trinajstić information content (AvgIpc) is 2.71. The van der Waals surface area contributed by atoms with Crippen LogP contribution in [0.5, 0.6) is 0 Å². The summed E-state index contributed by atoms with van der Waals surface area (Å²) in [6.45, 7) is 4.67. The van der Waals surface area contributed by atoms with Crippen molar-refractivity contribution in [1.29, 1.82) is 0 Å². The van der Waals surface area contributed by atoms with Gasteiger partial charge in [0.1, 0.15) is 11.5 Å². The van der Waals surface area contributed by atoms with Crippen LogP contribution in [0.3, 0.4) is 0 Å². The summed E-state index contributed by atoms with van der Waals surface area (Å²) >= 11 is 0. The van der Waals surface area contributed by atoms with Crippen LogP contribution >= 0.6 is 0 Å². The van der Waals surface area contributed by atoms with Crippen LogP contribution in [0.25, 0.3) is 0 Å². The zero-order valence-electron chi connectivity index (χ0n) is 10.8. The molecule has 2 rings (SSSR count). The molecule has 0 aliphatic carbocycles. The van der Waals surface area contributed by atoms with Gasteiger partial charge in [-0.25, -0.2) is 4.39 Å². The van der Waals surface area contributed by atoms with E-state index in [4.69, 9.17) is 0 Å². The van der Waals surface area contributed by atoms with E-state index in [1.165, 1.54) is 12.1 Å². The van der Waals surface area contributed by atoms with Crippen molar-refractivity contribution in [2.75, 3.05) is 6.54 Å². The van der Waals surface area contributed by atoms with Crippen molar-refractivity contribution in [1.82, 2.24) is 20.3 Å². The van der Waals surface area contributed by atoms with Gasteiger partial charge in [0.25, 0.3) is 0 Å². The van der Waals surface area contributed by atoms with Gasteiger partial charge in [-0.1, -0.05) is 18.2 Å². The highest BCUT2D eigenvalue weighted by Gasteiger charge is 2.17. The first-order chi connectivity index (χ1) is 8.60. The number of hydrogen-bond donors (Lipinski definition) is 1. The second-order valence-corrected chi connectivity index (χ2v) is 4.37. The average molecular weight is 248 g/mol. The van der Waals surface area contributed by atoms with Crippen molar-refractivity contribution in [3.8, 4) is 0 Å². The van der Waals surface area contributed by atoms with Crippen molar-refractivity contribution in [3.05, 3.63) is 47.0 Å². The minimum Gasteiger partial charge on any atom is -0.305 e. The lowest BCUT2D eigenvalue weighted by molar-refractivity contribution is 0.593. The highest BCUT2D eigenvalue weighted by molar-refractivity contribution is 5.30. The quantitative estimate of drug-likeness (QED) is 0.899. The summed E-state index contributed by atoms with van der Waals surface area (Å²) in [4.78, 5) is 0. The molecule has 2 aromatic rings. The molecule has 1 N–H and O–H groups in total. The second-order valence-electron chi connectivity index (χ2n) is 4.37. The first-order valence-corrected chi connectivity index (χ1v) is 5.97. The molecule has 4 nitrogen and oxygen atoms in total. The molecule has 18 heavy (non-hydrogen) atoms. The van der Waals surface area contributed by atoms with Gasteiger partial charge in [0.05, 0.1) is 12.2 Å². The van der Waals surface area contributed by atoms with Gasteiger partial charge < -0.3 is 5.32 Å². The summed E-state index contributed by atoms with van der Waals surface area (Å²) in [5.74, 6) is -0.225. The summed E-state index contributed by atoms with van der Waals surface area (Å²) in [7, 11) is 1.82. The maximum absolute atomic E-state index is 13.5. The predicted octanol–water partition coefficient (Wildman–Crippen LogP) is 1.96. The summed E-state index contributed by atoms with van der Waals surface area (Å²) in [6, 6.07) is 4.89. The third-order valence-corrected chi connectivity index (χ3v) is 2.72. The minimum atomic E-state index is -0.225. The summed E-state index contributed by atoms with van der Waals surface area (Å²) in [5.41, 5.74) is 2.57. The van der Waals surface area contributed by atoms with Crippen molar-refractivity contribution in [2.24, 2.45) is 7.05 Å². The van der Waals surface area contributed by atoms with Gasteiger partial charge in [0.2, 0.25) is 0 Å². The van der Waals surface area contributed by atoms with Crippen LogP contribution in [0.2, 0.25) is 0 Å². The number of halogens is 1. The molecule has 0 bridgehead atoms. The molecule has 0 spiro atoms. The molecule has 1 aromatic carbocycles. The SMILES string of the molecule is CCNC(c1cc(C)cc(F)c1)c1cn(C)nn1. The van der Waals surface area contributed by atoms with Gasteiger partial charge in [0.15, 0.2) is 0 Å². The van der Waals surface area contributed by atoms with E-state index in [2.05, 4.69) is 15.6 Å². The summed E-state index contributed by atoms with van der Waals surface area (Å²) < 4.78 is 15.1. The Hall–Kier alpha value is -1.75. The molecule has 0 saturated heterocycles. The molecule has 0 aliphatic rings. The van der Waals surface area contributed by atoms with Crippen molar-refractivity contribution < 1.29 is 4.39 Å². The number of aryl methyl sites for hydroxylation is 2. The smallest absolute Gasteiger partial charge is 0.123 e. The molecule has 0 aliphatic heterocycles. The second kappa shape index (κ2) is 5.27. The van der Waals surface area contributed by atoms with Crippen LogP contribution in [0, 0.1) is 12.7 Å². The van der Waals surface area contributed by atoms with Crippen LogP contribution in [0.15, 0.2) is 24.4 Å². The molecule has 5 heteroatoms. The van der Waals surface area contributed by atoms with E-state index in [0.29, 0.717) is 0 Å². The van der Waals surface area contributed by atoms with E-state index in [1.54, 1.807) is 4.68 Å². The molecule has 96 valence electrons. The molecule has 1 atom stereocenters. The standard InChI is InChI=1S/C13H17FN4/c1-4-15-13(12-8-18(3)17-16-12)10-5-9(2)6-11(14)7-10/h5-8,13,15H,4H2,1-3H3. The Morgan fingerprint density at radius 3 is 2.72 bits per heavy atom. The fraction of sp³-hybridized carbons (Fsp3) is 0.385. The predicted molar refractivity (Wildman–Crippen MR) is 67.7 cm³/mol. The lowest BCUT2D eigenvalue weighted by atomic mass is 10.0. The van der Waals surface area contributed by atoms with Crippen molar-refractivity contribution >= 4 is 0 Å². The molecule has 1 unspecified atom stereocenters. The monoisotopic (exact) mass is 248 g/mol. The Bertz CT molecular complexity index is 515.